The van der Waals surface area contributed by atoms with Gasteiger partial charge in [0.1, 0.15) is 0 Å². The topological polar surface area (TPSA) is 80.9 Å². The summed E-state index contributed by atoms with van der Waals surface area (Å²) in [5.41, 5.74) is 1.79. The van der Waals surface area contributed by atoms with E-state index in [1.54, 1.807) is 18.3 Å². The molecule has 1 N–H and O–H groups in total. The Kier molecular flexibility index (Phi) is 5.54. The second kappa shape index (κ2) is 8.22. The normalized spacial score (nSPS) is 13.8. The molecule has 27 heavy (non-hydrogen) atoms. The molecule has 1 aromatic carbocycles. The van der Waals surface area contributed by atoms with Gasteiger partial charge in [-0.15, -0.1) is 23.1 Å². The van der Waals surface area contributed by atoms with Crippen molar-refractivity contribution in [3.63, 3.8) is 0 Å². The van der Waals surface area contributed by atoms with Crippen LogP contribution in [0.15, 0.2) is 33.7 Å². The number of hydrogen-bond acceptors (Lipinski definition) is 7. The standard InChI is InChI=1S/C19H20N4O2S2/c1-12-20-17(23-25-12)11-26-15-9-6-5-7-13(15)18(24)22-19-21-14-8-3-2-4-10-16(14)27-19/h5-7,9H,2-4,8,10-11H2,1H3,(H,21,22,24). The Morgan fingerprint density at radius 1 is 1.22 bits per heavy atom. The fraction of sp³-hybridized carbons (Fsp3) is 0.368. The number of carbonyl (C=O) groups is 1. The smallest absolute Gasteiger partial charge is 0.258 e. The van der Waals surface area contributed by atoms with E-state index in [4.69, 9.17) is 4.52 Å². The molecule has 1 aliphatic carbocycles. The van der Waals surface area contributed by atoms with Crippen molar-refractivity contribution in [2.45, 2.75) is 49.7 Å². The first-order valence-electron chi connectivity index (χ1n) is 9.00. The van der Waals surface area contributed by atoms with Crippen molar-refractivity contribution in [3.05, 3.63) is 52.1 Å². The fourth-order valence-electron chi connectivity index (χ4n) is 3.07. The number of thiazole rings is 1. The van der Waals surface area contributed by atoms with Crippen LogP contribution in [0.2, 0.25) is 0 Å². The highest BCUT2D eigenvalue weighted by Gasteiger charge is 2.18. The number of carbonyl (C=O) groups excluding carboxylic acids is 1. The number of amides is 1. The van der Waals surface area contributed by atoms with Gasteiger partial charge in [0, 0.05) is 16.7 Å². The van der Waals surface area contributed by atoms with Crippen LogP contribution in [-0.2, 0) is 18.6 Å². The van der Waals surface area contributed by atoms with Crippen LogP contribution in [0.1, 0.15) is 51.9 Å². The Bertz CT molecular complexity index is 927. The molecule has 4 rings (SSSR count). The Balaban J connectivity index is 1.47. The quantitative estimate of drug-likeness (QED) is 0.496. The molecule has 0 saturated heterocycles. The van der Waals surface area contributed by atoms with E-state index in [9.17, 15) is 4.79 Å². The Labute approximate surface area is 165 Å². The van der Waals surface area contributed by atoms with Gasteiger partial charge in [0.05, 0.1) is 17.0 Å². The molecule has 0 aliphatic heterocycles. The van der Waals surface area contributed by atoms with Crippen LogP contribution < -0.4 is 5.32 Å². The molecule has 1 aliphatic rings. The molecule has 2 aromatic heterocycles. The van der Waals surface area contributed by atoms with Crippen LogP contribution >= 0.6 is 23.1 Å². The highest BCUT2D eigenvalue weighted by molar-refractivity contribution is 7.98. The third kappa shape index (κ3) is 4.39. The number of nitrogens with zero attached hydrogens (tertiary/aromatic N) is 3. The van der Waals surface area contributed by atoms with E-state index in [0.29, 0.717) is 28.2 Å². The van der Waals surface area contributed by atoms with Crippen molar-refractivity contribution < 1.29 is 9.32 Å². The van der Waals surface area contributed by atoms with Crippen molar-refractivity contribution in [2.75, 3.05) is 5.32 Å². The molecule has 140 valence electrons. The van der Waals surface area contributed by atoms with E-state index in [1.165, 1.54) is 35.9 Å². The molecule has 0 spiro atoms. The molecule has 0 fully saturated rings. The van der Waals surface area contributed by atoms with Gasteiger partial charge >= 0.3 is 0 Å². The van der Waals surface area contributed by atoms with E-state index in [0.717, 1.165) is 23.4 Å². The molecule has 3 aromatic rings. The molecule has 0 unspecified atom stereocenters. The highest BCUT2D eigenvalue weighted by atomic mass is 32.2. The SMILES string of the molecule is Cc1nc(CSc2ccccc2C(=O)Nc2nc3c(s2)CCCCC3)no1. The predicted octanol–water partition coefficient (Wildman–Crippen LogP) is 4.65. The molecule has 0 bridgehead atoms. The van der Waals surface area contributed by atoms with Crippen LogP contribution in [0.5, 0.6) is 0 Å². The molecule has 0 saturated carbocycles. The van der Waals surface area contributed by atoms with Crippen LogP contribution in [0, 0.1) is 6.92 Å². The van der Waals surface area contributed by atoms with Gasteiger partial charge < -0.3 is 4.52 Å². The first-order valence-corrected chi connectivity index (χ1v) is 10.8. The summed E-state index contributed by atoms with van der Waals surface area (Å²) in [7, 11) is 0. The van der Waals surface area contributed by atoms with E-state index in [2.05, 4.69) is 20.4 Å². The predicted molar refractivity (Wildman–Crippen MR) is 106 cm³/mol. The summed E-state index contributed by atoms with van der Waals surface area (Å²) in [5, 5.41) is 7.58. The number of aromatic nitrogens is 3. The maximum Gasteiger partial charge on any atom is 0.258 e. The molecule has 2 heterocycles. The summed E-state index contributed by atoms with van der Waals surface area (Å²) in [6.45, 7) is 1.76. The first-order chi connectivity index (χ1) is 13.2. The lowest BCUT2D eigenvalue weighted by Gasteiger charge is -2.07. The average molecular weight is 401 g/mol. The van der Waals surface area contributed by atoms with Gasteiger partial charge in [0.15, 0.2) is 11.0 Å². The molecule has 1 amide bonds. The van der Waals surface area contributed by atoms with Gasteiger partial charge in [-0.05, 0) is 37.8 Å². The Morgan fingerprint density at radius 3 is 2.93 bits per heavy atom. The highest BCUT2D eigenvalue weighted by Crippen LogP contribution is 2.30. The minimum absolute atomic E-state index is 0.133. The van der Waals surface area contributed by atoms with Gasteiger partial charge in [-0.25, -0.2) is 4.98 Å². The summed E-state index contributed by atoms with van der Waals surface area (Å²) in [4.78, 5) is 23.9. The lowest BCUT2D eigenvalue weighted by molar-refractivity contribution is 0.102. The van der Waals surface area contributed by atoms with Gasteiger partial charge in [0.2, 0.25) is 5.89 Å². The number of aryl methyl sites for hydroxylation is 3. The number of fused-ring (bicyclic) bond motifs is 1. The zero-order chi connectivity index (χ0) is 18.6. The van der Waals surface area contributed by atoms with Crippen molar-refractivity contribution in [1.29, 1.82) is 0 Å². The molecular formula is C19H20N4O2S2. The van der Waals surface area contributed by atoms with Crippen LogP contribution in [0.25, 0.3) is 0 Å². The second-order valence-corrected chi connectivity index (χ2v) is 8.52. The molecule has 8 heteroatoms. The fourth-order valence-corrected chi connectivity index (χ4v) is 5.01. The zero-order valence-electron chi connectivity index (χ0n) is 15.0. The van der Waals surface area contributed by atoms with E-state index in [-0.39, 0.29) is 5.91 Å². The van der Waals surface area contributed by atoms with Crippen LogP contribution in [-0.4, -0.2) is 21.0 Å². The third-order valence-corrected chi connectivity index (χ3v) is 6.52. The molecule has 0 atom stereocenters. The van der Waals surface area contributed by atoms with Gasteiger partial charge in [-0.3, -0.25) is 10.1 Å². The number of hydrogen-bond donors (Lipinski definition) is 1. The first kappa shape index (κ1) is 18.2. The average Bonchev–Trinajstić information content (AvgIpc) is 3.19. The minimum atomic E-state index is -0.133. The lowest BCUT2D eigenvalue weighted by atomic mass is 10.2. The molecular weight excluding hydrogens is 380 g/mol. The van der Waals surface area contributed by atoms with Crippen molar-refractivity contribution in [1.82, 2.24) is 15.1 Å². The summed E-state index contributed by atoms with van der Waals surface area (Å²) >= 11 is 3.13. The van der Waals surface area contributed by atoms with E-state index < -0.39 is 0 Å². The monoisotopic (exact) mass is 400 g/mol. The maximum atomic E-state index is 12.8. The number of thioether (sulfide) groups is 1. The number of nitrogens with one attached hydrogen (secondary N) is 1. The van der Waals surface area contributed by atoms with Crippen molar-refractivity contribution in [2.24, 2.45) is 0 Å². The van der Waals surface area contributed by atoms with E-state index in [1.807, 2.05) is 24.3 Å². The van der Waals surface area contributed by atoms with Gasteiger partial charge in [-0.2, -0.15) is 4.98 Å². The van der Waals surface area contributed by atoms with Crippen molar-refractivity contribution >= 4 is 34.1 Å². The number of benzene rings is 1. The second-order valence-electron chi connectivity index (χ2n) is 6.42. The third-order valence-electron chi connectivity index (χ3n) is 4.37. The summed E-state index contributed by atoms with van der Waals surface area (Å²) in [5.74, 6) is 1.58. The van der Waals surface area contributed by atoms with Crippen LogP contribution in [0.3, 0.4) is 0 Å². The lowest BCUT2D eigenvalue weighted by Crippen LogP contribution is -2.13. The van der Waals surface area contributed by atoms with Gasteiger partial charge in [-0.1, -0.05) is 23.7 Å². The van der Waals surface area contributed by atoms with E-state index >= 15 is 0 Å². The Hall–Kier alpha value is -2.19. The zero-order valence-corrected chi connectivity index (χ0v) is 16.7. The van der Waals surface area contributed by atoms with Gasteiger partial charge in [0.25, 0.3) is 5.91 Å². The van der Waals surface area contributed by atoms with Crippen molar-refractivity contribution in [3.8, 4) is 0 Å². The Morgan fingerprint density at radius 2 is 2.07 bits per heavy atom. The summed E-state index contributed by atoms with van der Waals surface area (Å²) in [6, 6.07) is 7.56. The summed E-state index contributed by atoms with van der Waals surface area (Å²) < 4.78 is 5.00. The molecule has 6 nitrogen and oxygen atoms in total. The van der Waals surface area contributed by atoms with Crippen LogP contribution in [0.4, 0.5) is 5.13 Å². The minimum Gasteiger partial charge on any atom is -0.340 e. The summed E-state index contributed by atoms with van der Waals surface area (Å²) in [6.07, 6.45) is 5.73. The number of anilines is 1. The number of rotatable bonds is 5. The maximum absolute atomic E-state index is 12.8. The largest absolute Gasteiger partial charge is 0.340 e. The molecule has 0 radical (unpaired) electrons.